The van der Waals surface area contributed by atoms with Gasteiger partial charge in [-0.05, 0) is 43.5 Å². The lowest BCUT2D eigenvalue weighted by Gasteiger charge is -2.32. The molecule has 0 unspecified atom stereocenters. The van der Waals surface area contributed by atoms with Crippen LogP contribution in [-0.4, -0.2) is 56.6 Å². The van der Waals surface area contributed by atoms with E-state index in [1.165, 1.54) is 6.07 Å². The van der Waals surface area contributed by atoms with Crippen molar-refractivity contribution in [1.29, 1.82) is 0 Å². The van der Waals surface area contributed by atoms with E-state index in [0.717, 1.165) is 29.0 Å². The minimum absolute atomic E-state index is 0.0511. The quantitative estimate of drug-likeness (QED) is 0.527. The number of nitrogens with two attached hydrogens (primary N) is 1. The van der Waals surface area contributed by atoms with E-state index in [-0.39, 0.29) is 53.9 Å². The van der Waals surface area contributed by atoms with Crippen molar-refractivity contribution >= 4 is 23.1 Å². The zero-order valence-corrected chi connectivity index (χ0v) is 18.7. The molecule has 13 heteroatoms. The van der Waals surface area contributed by atoms with Gasteiger partial charge in [0.05, 0.1) is 16.8 Å². The molecule has 8 nitrogen and oxygen atoms in total. The number of hydrogen-bond donors (Lipinski definition) is 2. The summed E-state index contributed by atoms with van der Waals surface area (Å²) in [5.74, 6) is -2.52. The van der Waals surface area contributed by atoms with Crippen LogP contribution in [0.15, 0.2) is 30.6 Å². The summed E-state index contributed by atoms with van der Waals surface area (Å²) in [6.45, 7) is 0.602. The second-order valence-corrected chi connectivity index (χ2v) is 9.05. The van der Waals surface area contributed by atoms with Gasteiger partial charge in [0, 0.05) is 30.6 Å². The first-order chi connectivity index (χ1) is 17.0. The van der Waals surface area contributed by atoms with Crippen LogP contribution in [0.3, 0.4) is 0 Å². The molecule has 5 rings (SSSR count). The molecule has 3 heterocycles. The number of nitrogens with one attached hydrogen (secondary N) is 1. The van der Waals surface area contributed by atoms with Crippen LogP contribution >= 0.6 is 0 Å². The number of halogens is 5. The van der Waals surface area contributed by atoms with Gasteiger partial charge < -0.3 is 16.0 Å². The Balaban J connectivity index is 1.38. The van der Waals surface area contributed by atoms with Crippen molar-refractivity contribution in [3.05, 3.63) is 47.5 Å². The van der Waals surface area contributed by atoms with Crippen LogP contribution in [0, 0.1) is 11.7 Å². The van der Waals surface area contributed by atoms with E-state index in [2.05, 4.69) is 15.4 Å². The molecule has 2 aliphatic rings. The number of amides is 2. The number of benzene rings is 1. The van der Waals surface area contributed by atoms with Crippen LogP contribution in [-0.2, 0) is 11.0 Å². The number of likely N-dealkylation sites (tertiary alicyclic amines) is 1. The highest BCUT2D eigenvalue weighted by Gasteiger charge is 2.39. The summed E-state index contributed by atoms with van der Waals surface area (Å²) in [6, 6.07) is 3.73. The van der Waals surface area contributed by atoms with Crippen molar-refractivity contribution in [2.24, 2.45) is 5.92 Å². The van der Waals surface area contributed by atoms with Gasteiger partial charge >= 0.3 is 6.18 Å². The Kier molecular flexibility index (Phi) is 5.80. The molecule has 3 N–H and O–H groups in total. The molecule has 2 aromatic heterocycles. The highest BCUT2D eigenvalue weighted by Crippen LogP contribution is 2.39. The van der Waals surface area contributed by atoms with E-state index < -0.39 is 41.2 Å². The number of carbonyl (C=O) groups excluding carboxylic acids is 2. The van der Waals surface area contributed by atoms with Crippen molar-refractivity contribution in [2.45, 2.75) is 37.7 Å². The molecule has 0 spiro atoms. The average Bonchev–Trinajstić information content (AvgIpc) is 3.42. The Labute approximate surface area is 201 Å². The zero-order valence-electron chi connectivity index (χ0n) is 18.7. The van der Waals surface area contributed by atoms with Crippen LogP contribution in [0.1, 0.15) is 35.2 Å². The van der Waals surface area contributed by atoms with Crippen molar-refractivity contribution in [1.82, 2.24) is 24.8 Å². The molecule has 1 atom stereocenters. The van der Waals surface area contributed by atoms with E-state index >= 15 is 0 Å². The summed E-state index contributed by atoms with van der Waals surface area (Å²) in [6.07, 6.45) is -3.87. The number of aromatic nitrogens is 3. The first-order valence-corrected chi connectivity index (χ1v) is 11.3. The number of alkyl halides is 4. The number of carbonyl (C=O) groups is 2. The first-order valence-electron chi connectivity index (χ1n) is 11.3. The summed E-state index contributed by atoms with van der Waals surface area (Å²) in [7, 11) is 0. The van der Waals surface area contributed by atoms with Gasteiger partial charge in [0.1, 0.15) is 23.8 Å². The second-order valence-electron chi connectivity index (χ2n) is 9.05. The van der Waals surface area contributed by atoms with Crippen LogP contribution in [0.25, 0.3) is 16.8 Å². The summed E-state index contributed by atoms with van der Waals surface area (Å²) in [5, 5.41) is 6.54. The highest BCUT2D eigenvalue weighted by atomic mass is 19.4. The van der Waals surface area contributed by atoms with Gasteiger partial charge in [-0.3, -0.25) is 9.59 Å². The third-order valence-electron chi connectivity index (χ3n) is 6.66. The lowest BCUT2D eigenvalue weighted by atomic mass is 9.82. The van der Waals surface area contributed by atoms with Crippen molar-refractivity contribution in [2.75, 3.05) is 18.8 Å². The van der Waals surface area contributed by atoms with Gasteiger partial charge in [-0.2, -0.15) is 18.3 Å². The number of nitrogens with zero attached hydrogens (tertiary/aromatic N) is 4. The minimum Gasteiger partial charge on any atom is -0.382 e. The van der Waals surface area contributed by atoms with E-state index in [1.807, 2.05) is 0 Å². The topological polar surface area (TPSA) is 106 Å². The Bertz CT molecular complexity index is 1350. The van der Waals surface area contributed by atoms with Gasteiger partial charge in [0.25, 0.3) is 5.91 Å². The molecule has 1 aromatic carbocycles. The van der Waals surface area contributed by atoms with Gasteiger partial charge in [0.2, 0.25) is 5.91 Å². The van der Waals surface area contributed by atoms with E-state index in [1.54, 1.807) is 4.90 Å². The van der Waals surface area contributed by atoms with E-state index in [9.17, 15) is 31.5 Å². The summed E-state index contributed by atoms with van der Waals surface area (Å²) >= 11 is 0. The summed E-state index contributed by atoms with van der Waals surface area (Å²) in [5.41, 5.74) is 3.84. The molecule has 1 aliphatic carbocycles. The fourth-order valence-corrected chi connectivity index (χ4v) is 4.70. The Hall–Kier alpha value is -3.77. The van der Waals surface area contributed by atoms with Crippen molar-refractivity contribution < 1.29 is 31.5 Å². The molecule has 1 aliphatic heterocycles. The maximum Gasteiger partial charge on any atom is 0.418 e. The normalized spacial score (nSPS) is 22.0. The Morgan fingerprint density at radius 3 is 2.61 bits per heavy atom. The largest absolute Gasteiger partial charge is 0.418 e. The molecule has 190 valence electrons. The Morgan fingerprint density at radius 2 is 1.92 bits per heavy atom. The molecular weight excluding hydrogens is 487 g/mol. The van der Waals surface area contributed by atoms with Gasteiger partial charge in [-0.25, -0.2) is 18.3 Å². The van der Waals surface area contributed by atoms with Crippen LogP contribution in [0.2, 0.25) is 0 Å². The van der Waals surface area contributed by atoms with E-state index in [0.29, 0.717) is 13.0 Å². The first kappa shape index (κ1) is 23.9. The maximum atomic E-state index is 14.6. The number of rotatable bonds is 4. The monoisotopic (exact) mass is 508 g/mol. The molecule has 2 amide bonds. The number of anilines is 1. The highest BCUT2D eigenvalue weighted by molar-refractivity contribution is 5.96. The second kappa shape index (κ2) is 8.71. The van der Waals surface area contributed by atoms with Crippen molar-refractivity contribution in [3.8, 4) is 11.3 Å². The number of hydrogen-bond acceptors (Lipinski definition) is 5. The van der Waals surface area contributed by atoms with Gasteiger partial charge in [0.15, 0.2) is 5.82 Å². The van der Waals surface area contributed by atoms with Crippen LogP contribution in [0.5, 0.6) is 0 Å². The number of nitrogen functional groups attached to an aromatic ring is 1. The van der Waals surface area contributed by atoms with Gasteiger partial charge in [-0.1, -0.05) is 0 Å². The van der Waals surface area contributed by atoms with Crippen LogP contribution in [0.4, 0.5) is 27.8 Å². The minimum atomic E-state index is -4.75. The SMILES string of the molecule is Nc1ncnn2c(-c3ccc(F)c(C(=O)N[C@H]4CCN(C(=O)C5CC(F)C5)C4)c3)cc(C(F)(F)F)c12. The zero-order chi connectivity index (χ0) is 25.8. The number of fused-ring (bicyclic) bond motifs is 1. The molecule has 0 radical (unpaired) electrons. The summed E-state index contributed by atoms with van der Waals surface area (Å²) in [4.78, 5) is 30.5. The standard InChI is InChI=1S/C23H21F5N6O2/c24-13-5-12(6-13)22(36)33-4-3-14(9-33)32-21(35)15-7-11(1-2-17(15)25)18-8-16(23(26,27)28)19-20(29)30-10-31-34(18)19/h1-2,7-8,10,12-14H,3-6,9H2,(H,32,35)(H2,29,30,31)/t12?,13?,14-/m0/s1. The van der Waals surface area contributed by atoms with E-state index in [4.69, 9.17) is 5.73 Å². The predicted octanol–water partition coefficient (Wildman–Crippen LogP) is 3.22. The van der Waals surface area contributed by atoms with Crippen molar-refractivity contribution in [3.63, 3.8) is 0 Å². The molecule has 0 bridgehead atoms. The third kappa shape index (κ3) is 4.22. The molecule has 1 saturated carbocycles. The average molecular weight is 508 g/mol. The molecular formula is C23H21F5N6O2. The summed E-state index contributed by atoms with van der Waals surface area (Å²) < 4.78 is 69.5. The molecule has 1 saturated heterocycles. The lowest BCUT2D eigenvalue weighted by Crippen LogP contribution is -2.43. The fourth-order valence-electron chi connectivity index (χ4n) is 4.70. The molecule has 36 heavy (non-hydrogen) atoms. The third-order valence-corrected chi connectivity index (χ3v) is 6.66. The predicted molar refractivity (Wildman–Crippen MR) is 118 cm³/mol. The maximum absolute atomic E-state index is 14.6. The smallest absolute Gasteiger partial charge is 0.382 e. The fraction of sp³-hybridized carbons (Fsp3) is 0.391. The Morgan fingerprint density at radius 1 is 1.17 bits per heavy atom. The lowest BCUT2D eigenvalue weighted by molar-refractivity contribution is -0.139. The van der Waals surface area contributed by atoms with Crippen LogP contribution < -0.4 is 11.1 Å². The van der Waals surface area contributed by atoms with Gasteiger partial charge in [-0.15, -0.1) is 0 Å². The molecule has 3 aromatic rings. The molecule has 2 fully saturated rings.